The van der Waals surface area contributed by atoms with Gasteiger partial charge in [0.15, 0.2) is 0 Å². The van der Waals surface area contributed by atoms with Gasteiger partial charge in [0.25, 0.3) is 0 Å². The van der Waals surface area contributed by atoms with Gasteiger partial charge < -0.3 is 20.4 Å². The molecule has 2 aromatic rings. The molecule has 0 aromatic heterocycles. The summed E-state index contributed by atoms with van der Waals surface area (Å²) in [4.78, 5) is 27.8. The smallest absolute Gasteiger partial charge is 0.319 e. The third-order valence-corrected chi connectivity index (χ3v) is 4.39. The monoisotopic (exact) mass is 352 g/mol. The quantitative estimate of drug-likeness (QED) is 0.868. The molecule has 3 amide bonds. The van der Waals surface area contributed by atoms with Gasteiger partial charge in [0.1, 0.15) is 0 Å². The molecule has 1 saturated heterocycles. The van der Waals surface area contributed by atoms with Crippen LogP contribution in [0.25, 0.3) is 0 Å². The Morgan fingerprint density at radius 2 is 1.92 bits per heavy atom. The van der Waals surface area contributed by atoms with Gasteiger partial charge in [-0.2, -0.15) is 0 Å². The van der Waals surface area contributed by atoms with Crippen LogP contribution in [-0.4, -0.2) is 32.6 Å². The lowest BCUT2D eigenvalue weighted by Crippen LogP contribution is -2.28. The summed E-state index contributed by atoms with van der Waals surface area (Å²) in [5.74, 6) is 0.132. The summed E-state index contributed by atoms with van der Waals surface area (Å²) in [5, 5.41) is 5.67. The predicted molar refractivity (Wildman–Crippen MR) is 105 cm³/mol. The van der Waals surface area contributed by atoms with E-state index in [-0.39, 0.29) is 11.9 Å². The zero-order chi connectivity index (χ0) is 18.5. The largest absolute Gasteiger partial charge is 0.378 e. The Morgan fingerprint density at radius 1 is 1.15 bits per heavy atom. The van der Waals surface area contributed by atoms with E-state index in [2.05, 4.69) is 10.6 Å². The Bertz CT molecular complexity index is 787. The van der Waals surface area contributed by atoms with Crippen LogP contribution in [-0.2, 0) is 11.3 Å². The molecule has 0 spiro atoms. The number of amides is 3. The topological polar surface area (TPSA) is 64.7 Å². The van der Waals surface area contributed by atoms with E-state index >= 15 is 0 Å². The maximum absolute atomic E-state index is 12.1. The number of urea groups is 1. The molecule has 1 aliphatic heterocycles. The van der Waals surface area contributed by atoms with Crippen LogP contribution in [0.15, 0.2) is 48.5 Å². The van der Waals surface area contributed by atoms with Crippen molar-refractivity contribution >= 4 is 29.0 Å². The van der Waals surface area contributed by atoms with Gasteiger partial charge in [-0.05, 0) is 42.3 Å². The van der Waals surface area contributed by atoms with Crippen LogP contribution in [0.1, 0.15) is 18.4 Å². The van der Waals surface area contributed by atoms with Crippen molar-refractivity contribution in [1.29, 1.82) is 0 Å². The molecule has 1 heterocycles. The average molecular weight is 352 g/mol. The standard InChI is InChI=1S/C20H24N4O2/c1-23(2)17-10-8-15(9-11-17)14-21-20(26)22-16-5-3-6-18(13-16)24-12-4-7-19(24)25/h3,5-6,8-11,13H,4,7,12,14H2,1-2H3,(H2,21,22,26). The van der Waals surface area contributed by atoms with Crippen LogP contribution < -0.4 is 20.4 Å². The van der Waals surface area contributed by atoms with Gasteiger partial charge in [-0.3, -0.25) is 4.79 Å². The van der Waals surface area contributed by atoms with Crippen molar-refractivity contribution in [3.05, 3.63) is 54.1 Å². The molecule has 6 heteroatoms. The Labute approximate surface area is 153 Å². The molecule has 1 aliphatic rings. The minimum atomic E-state index is -0.272. The van der Waals surface area contributed by atoms with Crippen LogP contribution in [0.4, 0.5) is 21.9 Å². The summed E-state index contributed by atoms with van der Waals surface area (Å²) in [6.45, 7) is 1.18. The number of rotatable bonds is 5. The molecule has 0 aliphatic carbocycles. The lowest BCUT2D eigenvalue weighted by atomic mass is 10.2. The van der Waals surface area contributed by atoms with Crippen molar-refractivity contribution in [3.63, 3.8) is 0 Å². The van der Waals surface area contributed by atoms with Gasteiger partial charge in [-0.15, -0.1) is 0 Å². The van der Waals surface area contributed by atoms with E-state index in [1.165, 1.54) is 0 Å². The van der Waals surface area contributed by atoms with Gasteiger partial charge >= 0.3 is 6.03 Å². The van der Waals surface area contributed by atoms with Gasteiger partial charge in [-0.25, -0.2) is 4.79 Å². The Balaban J connectivity index is 1.55. The third kappa shape index (κ3) is 4.33. The Kier molecular flexibility index (Phi) is 5.41. The van der Waals surface area contributed by atoms with Crippen LogP contribution >= 0.6 is 0 Å². The third-order valence-electron chi connectivity index (χ3n) is 4.39. The molecule has 2 N–H and O–H groups in total. The molecule has 6 nitrogen and oxygen atoms in total. The summed E-state index contributed by atoms with van der Waals surface area (Å²) in [6.07, 6.45) is 1.47. The highest BCUT2D eigenvalue weighted by Gasteiger charge is 2.21. The first kappa shape index (κ1) is 17.8. The molecule has 0 atom stereocenters. The molecule has 0 saturated carbocycles. The first-order chi connectivity index (χ1) is 12.5. The second kappa shape index (κ2) is 7.91. The van der Waals surface area contributed by atoms with E-state index in [1.807, 2.05) is 67.5 Å². The van der Waals surface area contributed by atoms with Gasteiger partial charge in [-0.1, -0.05) is 18.2 Å². The van der Waals surface area contributed by atoms with Crippen LogP contribution in [0.5, 0.6) is 0 Å². The van der Waals surface area contributed by atoms with Crippen molar-refractivity contribution in [1.82, 2.24) is 5.32 Å². The Hall–Kier alpha value is -3.02. The van der Waals surface area contributed by atoms with E-state index in [9.17, 15) is 9.59 Å². The second-order valence-corrected chi connectivity index (χ2v) is 6.57. The predicted octanol–water partition coefficient (Wildman–Crippen LogP) is 3.20. The molecule has 136 valence electrons. The highest BCUT2D eigenvalue weighted by molar-refractivity contribution is 5.96. The molecule has 2 aromatic carbocycles. The van der Waals surface area contributed by atoms with E-state index in [1.54, 1.807) is 4.90 Å². The van der Waals surface area contributed by atoms with Crippen molar-refractivity contribution in [2.45, 2.75) is 19.4 Å². The molecule has 0 bridgehead atoms. The van der Waals surface area contributed by atoms with Crippen molar-refractivity contribution in [2.75, 3.05) is 35.8 Å². The molecule has 3 rings (SSSR count). The van der Waals surface area contributed by atoms with Gasteiger partial charge in [0, 0.05) is 50.7 Å². The van der Waals surface area contributed by atoms with Gasteiger partial charge in [0.05, 0.1) is 0 Å². The number of anilines is 3. The number of carbonyl (C=O) groups is 2. The number of hydrogen-bond donors (Lipinski definition) is 2. The van der Waals surface area contributed by atoms with Gasteiger partial charge in [0.2, 0.25) is 5.91 Å². The molecular formula is C20H24N4O2. The van der Waals surface area contributed by atoms with E-state index in [0.29, 0.717) is 18.7 Å². The summed E-state index contributed by atoms with van der Waals surface area (Å²) < 4.78 is 0. The number of benzene rings is 2. The summed E-state index contributed by atoms with van der Waals surface area (Å²) in [5.41, 5.74) is 3.64. The first-order valence-electron chi connectivity index (χ1n) is 8.74. The summed E-state index contributed by atoms with van der Waals surface area (Å²) in [7, 11) is 3.98. The molecule has 0 unspecified atom stereocenters. The van der Waals surface area contributed by atoms with Crippen molar-refractivity contribution in [3.8, 4) is 0 Å². The lowest BCUT2D eigenvalue weighted by Gasteiger charge is -2.17. The first-order valence-corrected chi connectivity index (χ1v) is 8.74. The van der Waals surface area contributed by atoms with E-state index in [4.69, 9.17) is 0 Å². The maximum Gasteiger partial charge on any atom is 0.319 e. The number of hydrogen-bond acceptors (Lipinski definition) is 3. The fourth-order valence-corrected chi connectivity index (χ4v) is 2.94. The highest BCUT2D eigenvalue weighted by atomic mass is 16.2. The number of nitrogens with zero attached hydrogens (tertiary/aromatic N) is 2. The molecule has 26 heavy (non-hydrogen) atoms. The lowest BCUT2D eigenvalue weighted by molar-refractivity contribution is -0.117. The highest BCUT2D eigenvalue weighted by Crippen LogP contribution is 2.24. The zero-order valence-corrected chi connectivity index (χ0v) is 15.2. The molecule has 0 radical (unpaired) electrons. The zero-order valence-electron chi connectivity index (χ0n) is 15.2. The summed E-state index contributed by atoms with van der Waals surface area (Å²) in [6, 6.07) is 15.1. The second-order valence-electron chi connectivity index (χ2n) is 6.57. The maximum atomic E-state index is 12.1. The SMILES string of the molecule is CN(C)c1ccc(CNC(=O)Nc2cccc(N3CCCC3=O)c2)cc1. The van der Waals surface area contributed by atoms with E-state index < -0.39 is 0 Å². The average Bonchev–Trinajstić information content (AvgIpc) is 3.06. The molecule has 1 fully saturated rings. The van der Waals surface area contributed by atoms with Crippen LogP contribution in [0.3, 0.4) is 0 Å². The number of nitrogens with one attached hydrogen (secondary N) is 2. The van der Waals surface area contributed by atoms with Crippen molar-refractivity contribution < 1.29 is 9.59 Å². The number of carbonyl (C=O) groups excluding carboxylic acids is 2. The minimum absolute atomic E-state index is 0.132. The van der Waals surface area contributed by atoms with Crippen molar-refractivity contribution in [2.24, 2.45) is 0 Å². The minimum Gasteiger partial charge on any atom is -0.378 e. The molecular weight excluding hydrogens is 328 g/mol. The van der Waals surface area contributed by atoms with Crippen LogP contribution in [0.2, 0.25) is 0 Å². The Morgan fingerprint density at radius 3 is 2.58 bits per heavy atom. The van der Waals surface area contributed by atoms with Crippen LogP contribution in [0, 0.1) is 0 Å². The fraction of sp³-hybridized carbons (Fsp3) is 0.300. The fourth-order valence-electron chi connectivity index (χ4n) is 2.94. The normalized spacial score (nSPS) is 13.6. The van der Waals surface area contributed by atoms with E-state index in [0.717, 1.165) is 29.9 Å². The summed E-state index contributed by atoms with van der Waals surface area (Å²) >= 11 is 0.